The average molecular weight is 215 g/mol. The van der Waals surface area contributed by atoms with E-state index in [9.17, 15) is 0 Å². The third-order valence-electron chi connectivity index (χ3n) is 3.68. The van der Waals surface area contributed by atoms with Crippen LogP contribution in [0.1, 0.15) is 31.8 Å². The zero-order valence-corrected chi connectivity index (χ0v) is 9.34. The van der Waals surface area contributed by atoms with Crippen molar-refractivity contribution in [2.24, 2.45) is 11.7 Å². The molecule has 0 radical (unpaired) electrons. The molecule has 1 saturated carbocycles. The van der Waals surface area contributed by atoms with E-state index in [1.807, 2.05) is 12.3 Å². The lowest BCUT2D eigenvalue weighted by molar-refractivity contribution is 0.351. The molecule has 1 atom stereocenters. The van der Waals surface area contributed by atoms with Crippen LogP contribution < -0.4 is 5.73 Å². The number of hydrogen-bond donors (Lipinski definition) is 1. The molecule has 1 aliphatic carbocycles. The van der Waals surface area contributed by atoms with E-state index in [1.54, 1.807) is 0 Å². The second kappa shape index (κ2) is 3.91. The smallest absolute Gasteiger partial charge is 0.141 e. The fourth-order valence-corrected chi connectivity index (χ4v) is 2.75. The summed E-state index contributed by atoms with van der Waals surface area (Å²) in [5.74, 6) is 0.623. The summed E-state index contributed by atoms with van der Waals surface area (Å²) in [7, 11) is 0. The Morgan fingerprint density at radius 1 is 1.31 bits per heavy atom. The maximum Gasteiger partial charge on any atom is 0.141 e. The molecular formula is C13H17N3. The Morgan fingerprint density at radius 3 is 2.94 bits per heavy atom. The van der Waals surface area contributed by atoms with Gasteiger partial charge in [-0.1, -0.05) is 12.8 Å². The quantitative estimate of drug-likeness (QED) is 0.837. The Bertz CT molecular complexity index is 483. The van der Waals surface area contributed by atoms with Crippen molar-refractivity contribution in [3.63, 3.8) is 0 Å². The third kappa shape index (κ3) is 1.52. The first kappa shape index (κ1) is 9.85. The van der Waals surface area contributed by atoms with Crippen LogP contribution in [0.3, 0.4) is 0 Å². The van der Waals surface area contributed by atoms with Gasteiger partial charge in [0, 0.05) is 17.8 Å². The minimum absolute atomic E-state index is 0.0925. The highest BCUT2D eigenvalue weighted by Gasteiger charge is 2.23. The lowest BCUT2D eigenvalue weighted by Gasteiger charge is -2.21. The van der Waals surface area contributed by atoms with E-state index in [4.69, 9.17) is 5.73 Å². The molecule has 1 unspecified atom stereocenters. The van der Waals surface area contributed by atoms with Gasteiger partial charge in [0.25, 0.3) is 0 Å². The summed E-state index contributed by atoms with van der Waals surface area (Å²) >= 11 is 0. The fourth-order valence-electron chi connectivity index (χ4n) is 2.75. The molecule has 2 heterocycles. The predicted octanol–water partition coefficient (Wildman–Crippen LogP) is 2.68. The molecule has 16 heavy (non-hydrogen) atoms. The molecule has 3 heteroatoms. The maximum absolute atomic E-state index is 6.33. The van der Waals surface area contributed by atoms with Crippen molar-refractivity contribution in [3.8, 4) is 0 Å². The standard InChI is InChI=1S/C13H17N3/c14-12(10-4-1-2-5-10)16-9-7-11-6-3-8-15-13(11)16/h3,6-10,12H,1-2,4-5,14H2. The highest BCUT2D eigenvalue weighted by atomic mass is 15.1. The number of nitrogens with zero attached hydrogens (tertiary/aromatic N) is 2. The topological polar surface area (TPSA) is 43.8 Å². The van der Waals surface area contributed by atoms with Crippen molar-refractivity contribution in [2.75, 3.05) is 0 Å². The molecule has 0 aliphatic heterocycles. The van der Waals surface area contributed by atoms with Crippen molar-refractivity contribution in [1.82, 2.24) is 9.55 Å². The second-order valence-electron chi connectivity index (χ2n) is 4.67. The number of pyridine rings is 1. The molecule has 1 aliphatic rings. The van der Waals surface area contributed by atoms with Crippen LogP contribution in [0.5, 0.6) is 0 Å². The second-order valence-corrected chi connectivity index (χ2v) is 4.67. The van der Waals surface area contributed by atoms with Gasteiger partial charge in [-0.2, -0.15) is 0 Å². The van der Waals surface area contributed by atoms with Gasteiger partial charge >= 0.3 is 0 Å². The summed E-state index contributed by atoms with van der Waals surface area (Å²) in [6, 6.07) is 6.14. The first-order chi connectivity index (χ1) is 7.86. The molecule has 84 valence electrons. The zero-order valence-electron chi connectivity index (χ0n) is 9.34. The van der Waals surface area contributed by atoms with Gasteiger partial charge in [0.2, 0.25) is 0 Å². The van der Waals surface area contributed by atoms with Gasteiger partial charge < -0.3 is 10.3 Å². The summed E-state index contributed by atoms with van der Waals surface area (Å²) in [5, 5.41) is 1.18. The molecule has 2 aromatic heterocycles. The summed E-state index contributed by atoms with van der Waals surface area (Å²) < 4.78 is 2.13. The first-order valence-corrected chi connectivity index (χ1v) is 6.03. The number of aromatic nitrogens is 2. The van der Waals surface area contributed by atoms with Gasteiger partial charge in [0.1, 0.15) is 5.65 Å². The monoisotopic (exact) mass is 215 g/mol. The summed E-state index contributed by atoms with van der Waals surface area (Å²) in [4.78, 5) is 4.42. The van der Waals surface area contributed by atoms with Crippen LogP contribution in [0.15, 0.2) is 30.6 Å². The molecule has 3 rings (SSSR count). The van der Waals surface area contributed by atoms with E-state index in [2.05, 4.69) is 27.9 Å². The van der Waals surface area contributed by atoms with E-state index in [0.29, 0.717) is 5.92 Å². The Hall–Kier alpha value is -1.35. The highest BCUT2D eigenvalue weighted by molar-refractivity contribution is 5.75. The molecule has 0 aromatic carbocycles. The Balaban J connectivity index is 1.98. The van der Waals surface area contributed by atoms with Gasteiger partial charge in [0.05, 0.1) is 6.17 Å². The lowest BCUT2D eigenvalue weighted by atomic mass is 10.1. The number of fused-ring (bicyclic) bond motifs is 1. The summed E-state index contributed by atoms with van der Waals surface area (Å²) in [5.41, 5.74) is 7.35. The Kier molecular flexibility index (Phi) is 2.40. The van der Waals surface area contributed by atoms with Gasteiger partial charge in [-0.15, -0.1) is 0 Å². The molecule has 3 nitrogen and oxygen atoms in total. The SMILES string of the molecule is NC(C1CCCC1)n1ccc2cccnc21. The van der Waals surface area contributed by atoms with E-state index in [0.717, 1.165) is 5.65 Å². The van der Waals surface area contributed by atoms with Crippen molar-refractivity contribution in [2.45, 2.75) is 31.8 Å². The lowest BCUT2D eigenvalue weighted by Crippen LogP contribution is -2.25. The zero-order chi connectivity index (χ0) is 11.0. The molecule has 0 spiro atoms. The maximum atomic E-state index is 6.33. The van der Waals surface area contributed by atoms with E-state index in [-0.39, 0.29) is 6.17 Å². The van der Waals surface area contributed by atoms with Crippen LogP contribution in [-0.4, -0.2) is 9.55 Å². The van der Waals surface area contributed by atoms with Crippen molar-refractivity contribution in [1.29, 1.82) is 0 Å². The summed E-state index contributed by atoms with van der Waals surface area (Å²) in [6.07, 6.45) is 9.16. The molecule has 2 aromatic rings. The summed E-state index contributed by atoms with van der Waals surface area (Å²) in [6.45, 7) is 0. The van der Waals surface area contributed by atoms with Crippen molar-refractivity contribution in [3.05, 3.63) is 30.6 Å². The van der Waals surface area contributed by atoms with Gasteiger partial charge in [-0.3, -0.25) is 0 Å². The van der Waals surface area contributed by atoms with Crippen LogP contribution in [0.25, 0.3) is 11.0 Å². The van der Waals surface area contributed by atoms with Gasteiger partial charge in [0.15, 0.2) is 0 Å². The van der Waals surface area contributed by atoms with Crippen LogP contribution >= 0.6 is 0 Å². The Morgan fingerprint density at radius 2 is 2.12 bits per heavy atom. The minimum Gasteiger partial charge on any atom is -0.316 e. The van der Waals surface area contributed by atoms with E-state index in [1.165, 1.54) is 31.1 Å². The largest absolute Gasteiger partial charge is 0.316 e. The Labute approximate surface area is 95.3 Å². The number of hydrogen-bond acceptors (Lipinski definition) is 2. The molecule has 1 fully saturated rings. The average Bonchev–Trinajstić information content (AvgIpc) is 2.98. The predicted molar refractivity (Wildman–Crippen MR) is 64.9 cm³/mol. The number of nitrogens with two attached hydrogens (primary N) is 1. The number of rotatable bonds is 2. The molecule has 0 amide bonds. The molecule has 0 bridgehead atoms. The minimum atomic E-state index is 0.0925. The highest BCUT2D eigenvalue weighted by Crippen LogP contribution is 2.32. The molecule has 2 N–H and O–H groups in total. The van der Waals surface area contributed by atoms with E-state index >= 15 is 0 Å². The van der Waals surface area contributed by atoms with Crippen LogP contribution in [-0.2, 0) is 0 Å². The van der Waals surface area contributed by atoms with Crippen LogP contribution in [0, 0.1) is 5.92 Å². The van der Waals surface area contributed by atoms with E-state index < -0.39 is 0 Å². The van der Waals surface area contributed by atoms with Crippen LogP contribution in [0.4, 0.5) is 0 Å². The van der Waals surface area contributed by atoms with Crippen molar-refractivity contribution >= 4 is 11.0 Å². The molecular weight excluding hydrogens is 198 g/mol. The van der Waals surface area contributed by atoms with Gasteiger partial charge in [-0.25, -0.2) is 4.98 Å². The fraction of sp³-hybridized carbons (Fsp3) is 0.462. The van der Waals surface area contributed by atoms with Gasteiger partial charge in [-0.05, 0) is 37.0 Å². The first-order valence-electron chi connectivity index (χ1n) is 6.03. The molecule has 0 saturated heterocycles. The van der Waals surface area contributed by atoms with Crippen LogP contribution in [0.2, 0.25) is 0 Å². The normalized spacial score (nSPS) is 19.3. The van der Waals surface area contributed by atoms with Crippen molar-refractivity contribution < 1.29 is 0 Å². The third-order valence-corrected chi connectivity index (χ3v) is 3.68.